The van der Waals surface area contributed by atoms with Crippen LogP contribution in [-0.4, -0.2) is 46.5 Å². The first kappa shape index (κ1) is 25.8. The second kappa shape index (κ2) is 9.97. The highest BCUT2D eigenvalue weighted by molar-refractivity contribution is 7.62. The number of anilines is 3. The SMILES string of the molecule is CC(C)n1cnc2c(Nc3ccc(C(O)([PH2]=O)P(=O)(O)O)cc3)nc(N[C@H]3CC[C@H](N)CC3)nc21. The van der Waals surface area contributed by atoms with Gasteiger partial charge in [0, 0.05) is 29.4 Å². The maximum Gasteiger partial charge on any atom is 0.368 e. The second-order valence-corrected chi connectivity index (χ2v) is 12.5. The van der Waals surface area contributed by atoms with Gasteiger partial charge >= 0.3 is 7.60 Å². The van der Waals surface area contributed by atoms with Crippen LogP contribution in [-0.2, 0) is 14.2 Å². The van der Waals surface area contributed by atoms with E-state index in [2.05, 4.69) is 20.6 Å². The molecule has 2 aromatic heterocycles. The van der Waals surface area contributed by atoms with Crippen LogP contribution in [0.2, 0.25) is 0 Å². The highest BCUT2D eigenvalue weighted by atomic mass is 31.2. The molecule has 1 aromatic carbocycles. The zero-order valence-corrected chi connectivity index (χ0v) is 21.5. The number of aliphatic hydroxyl groups is 1. The van der Waals surface area contributed by atoms with Gasteiger partial charge in [-0.15, -0.1) is 0 Å². The Kier molecular flexibility index (Phi) is 7.33. The minimum atomic E-state index is -5.05. The van der Waals surface area contributed by atoms with Crippen LogP contribution in [0.3, 0.4) is 0 Å². The molecule has 0 aliphatic heterocycles. The Balaban J connectivity index is 1.66. The number of rotatable bonds is 8. The molecule has 1 aliphatic rings. The van der Waals surface area contributed by atoms with Crippen molar-refractivity contribution in [1.82, 2.24) is 19.5 Å². The monoisotopic (exact) mass is 523 g/mol. The molecule has 14 heteroatoms. The fraction of sp³-hybridized carbons (Fsp3) is 0.476. The van der Waals surface area contributed by atoms with E-state index < -0.39 is 21.1 Å². The third-order valence-corrected chi connectivity index (χ3v) is 9.40. The first-order valence-corrected chi connectivity index (χ1v) is 14.1. The third kappa shape index (κ3) is 5.28. The highest BCUT2D eigenvalue weighted by Crippen LogP contribution is 2.61. The van der Waals surface area contributed by atoms with Gasteiger partial charge in [-0.05, 0) is 51.7 Å². The number of benzene rings is 1. The Hall–Kier alpha value is -2.33. The van der Waals surface area contributed by atoms with Gasteiger partial charge in [-0.3, -0.25) is 4.57 Å². The average molecular weight is 523 g/mol. The van der Waals surface area contributed by atoms with Gasteiger partial charge in [0.1, 0.15) is 8.46 Å². The Labute approximate surface area is 203 Å². The van der Waals surface area contributed by atoms with E-state index in [1.807, 2.05) is 18.4 Å². The standard InChI is InChI=1S/C21H31N7O5P2/c1-12(2)28-11-23-17-18(26-20(27-19(17)28)25-16-9-5-14(22)6-10-16)24-15-7-3-13(4-8-15)21(29,34-30)35(31,32)33/h3-4,7-8,11-12,14,16,29H,5-6,9-10,22,34H2,1-2H3,(H2,31,32,33)(H2,24,25,26,27)/t14-,16-,21?. The minimum absolute atomic E-state index is 0.127. The van der Waals surface area contributed by atoms with E-state index in [4.69, 9.17) is 10.7 Å². The number of aromatic nitrogens is 4. The number of nitrogens with zero attached hydrogens (tertiary/aromatic N) is 4. The highest BCUT2D eigenvalue weighted by Gasteiger charge is 2.46. The summed E-state index contributed by atoms with van der Waals surface area (Å²) in [6.07, 6.45) is 5.44. The van der Waals surface area contributed by atoms with Gasteiger partial charge in [-0.25, -0.2) is 4.98 Å². The molecule has 2 heterocycles. The van der Waals surface area contributed by atoms with Crippen LogP contribution in [0.5, 0.6) is 0 Å². The lowest BCUT2D eigenvalue weighted by molar-refractivity contribution is 0.168. The van der Waals surface area contributed by atoms with Crippen molar-refractivity contribution < 1.29 is 24.0 Å². The molecule has 7 N–H and O–H groups in total. The van der Waals surface area contributed by atoms with Gasteiger partial charge in [-0.2, -0.15) is 9.97 Å². The quantitative estimate of drug-likeness (QED) is 0.238. The van der Waals surface area contributed by atoms with Gasteiger partial charge in [0.2, 0.25) is 11.0 Å². The van der Waals surface area contributed by atoms with E-state index >= 15 is 0 Å². The number of nitrogens with two attached hydrogens (primary N) is 1. The molecule has 2 unspecified atom stereocenters. The molecule has 12 nitrogen and oxygen atoms in total. The number of imidazole rings is 1. The van der Waals surface area contributed by atoms with E-state index in [1.54, 1.807) is 6.33 Å². The van der Waals surface area contributed by atoms with E-state index in [0.717, 1.165) is 25.7 Å². The fourth-order valence-corrected chi connectivity index (χ4v) is 5.50. The Morgan fingerprint density at radius 2 is 1.83 bits per heavy atom. The molecule has 0 spiro atoms. The summed E-state index contributed by atoms with van der Waals surface area (Å²) in [4.78, 5) is 32.8. The van der Waals surface area contributed by atoms with Gasteiger partial charge < -0.3 is 40.4 Å². The zero-order chi connectivity index (χ0) is 25.4. The summed E-state index contributed by atoms with van der Waals surface area (Å²) < 4.78 is 25.1. The molecule has 1 fully saturated rings. The van der Waals surface area contributed by atoms with Crippen LogP contribution in [0, 0.1) is 0 Å². The van der Waals surface area contributed by atoms with Crippen LogP contribution < -0.4 is 16.4 Å². The molecule has 2 atom stereocenters. The number of hydrogen-bond donors (Lipinski definition) is 6. The second-order valence-electron chi connectivity index (χ2n) is 9.16. The lowest BCUT2D eigenvalue weighted by atomic mass is 9.92. The summed E-state index contributed by atoms with van der Waals surface area (Å²) in [6, 6.07) is 6.26. The summed E-state index contributed by atoms with van der Waals surface area (Å²) in [6.45, 7) is 4.07. The van der Waals surface area contributed by atoms with Crippen molar-refractivity contribution in [3.05, 3.63) is 36.2 Å². The molecule has 35 heavy (non-hydrogen) atoms. The van der Waals surface area contributed by atoms with Crippen LogP contribution in [0.25, 0.3) is 11.2 Å². The van der Waals surface area contributed by atoms with Crippen molar-refractivity contribution >= 4 is 44.7 Å². The van der Waals surface area contributed by atoms with Crippen molar-refractivity contribution in [1.29, 1.82) is 0 Å². The topological polar surface area (TPSA) is 189 Å². The molecule has 0 saturated heterocycles. The molecule has 1 saturated carbocycles. The van der Waals surface area contributed by atoms with Crippen molar-refractivity contribution in [2.24, 2.45) is 5.73 Å². The van der Waals surface area contributed by atoms with E-state index in [1.165, 1.54) is 24.3 Å². The Morgan fingerprint density at radius 3 is 2.40 bits per heavy atom. The molecular formula is C21H31N7O5P2. The van der Waals surface area contributed by atoms with E-state index in [-0.39, 0.29) is 23.7 Å². The minimum Gasteiger partial charge on any atom is -0.368 e. The maximum atomic E-state index is 11.7. The lowest BCUT2D eigenvalue weighted by Gasteiger charge is -2.27. The number of hydrogen-bond acceptors (Lipinski definition) is 9. The normalized spacial score (nSPS) is 21.0. The molecule has 1 aliphatic carbocycles. The number of nitrogens with one attached hydrogen (secondary N) is 2. The molecule has 3 aromatic rings. The first-order valence-electron chi connectivity index (χ1n) is 11.4. The summed E-state index contributed by atoms with van der Waals surface area (Å²) in [5.41, 5.74) is 7.66. The van der Waals surface area contributed by atoms with Crippen LogP contribution in [0.15, 0.2) is 30.6 Å². The third-order valence-electron chi connectivity index (χ3n) is 6.26. The van der Waals surface area contributed by atoms with Crippen LogP contribution in [0.4, 0.5) is 17.5 Å². The molecule has 4 rings (SSSR count). The van der Waals surface area contributed by atoms with Gasteiger partial charge in [-0.1, -0.05) is 12.1 Å². The summed E-state index contributed by atoms with van der Waals surface area (Å²) in [5, 5.41) is 14.2. The molecule has 0 bridgehead atoms. The van der Waals surface area contributed by atoms with E-state index in [9.17, 15) is 24.0 Å². The number of fused-ring (bicyclic) bond motifs is 1. The van der Waals surface area contributed by atoms with Gasteiger partial charge in [0.05, 0.1) is 6.33 Å². The fourth-order valence-electron chi connectivity index (χ4n) is 4.13. The van der Waals surface area contributed by atoms with Crippen molar-refractivity contribution in [2.75, 3.05) is 10.6 Å². The smallest absolute Gasteiger partial charge is 0.368 e. The Morgan fingerprint density at radius 1 is 1.17 bits per heavy atom. The van der Waals surface area contributed by atoms with Crippen molar-refractivity contribution in [2.45, 2.75) is 62.7 Å². The molecule has 0 radical (unpaired) electrons. The molecule has 0 amide bonds. The van der Waals surface area contributed by atoms with Gasteiger partial charge in [0.25, 0.3) is 0 Å². The molecule has 190 valence electrons. The first-order chi connectivity index (χ1) is 16.5. The van der Waals surface area contributed by atoms with Crippen LogP contribution >= 0.6 is 16.1 Å². The summed E-state index contributed by atoms with van der Waals surface area (Å²) in [7, 11) is -7.23. The zero-order valence-electron chi connectivity index (χ0n) is 19.5. The predicted octanol–water partition coefficient (Wildman–Crippen LogP) is 2.87. The average Bonchev–Trinajstić information content (AvgIpc) is 3.24. The molecular weight excluding hydrogens is 492 g/mol. The van der Waals surface area contributed by atoms with E-state index in [0.29, 0.717) is 28.6 Å². The maximum absolute atomic E-state index is 11.7. The van der Waals surface area contributed by atoms with Crippen LogP contribution in [0.1, 0.15) is 51.1 Å². The lowest BCUT2D eigenvalue weighted by Crippen LogP contribution is -2.33. The largest absolute Gasteiger partial charge is 0.368 e. The van der Waals surface area contributed by atoms with Crippen molar-refractivity contribution in [3.8, 4) is 0 Å². The summed E-state index contributed by atoms with van der Waals surface area (Å²) in [5.74, 6) is 0.919. The van der Waals surface area contributed by atoms with Crippen molar-refractivity contribution in [3.63, 3.8) is 0 Å². The predicted molar refractivity (Wildman–Crippen MR) is 136 cm³/mol. The Bertz CT molecular complexity index is 1250. The van der Waals surface area contributed by atoms with Gasteiger partial charge in [0.15, 0.2) is 17.0 Å². The summed E-state index contributed by atoms with van der Waals surface area (Å²) >= 11 is 0.